The fourth-order valence-corrected chi connectivity index (χ4v) is 2.34. The lowest BCUT2D eigenvalue weighted by Crippen LogP contribution is -3.19. The van der Waals surface area contributed by atoms with Crippen LogP contribution in [0.25, 0.3) is 0 Å². The molecule has 0 spiro atoms. The molecular weight excluding hydrogens is 168 g/mol. The molecule has 0 radical (unpaired) electrons. The molecular formula is C9H18N2O2. The number of hydroxylamine groups is 2. The Morgan fingerprint density at radius 1 is 1.46 bits per heavy atom. The zero-order chi connectivity index (χ0) is 10.4. The topological polar surface area (TPSA) is 70.6 Å². The predicted molar refractivity (Wildman–Crippen MR) is 49.8 cm³/mol. The number of carbonyl (C=O) groups excluding carboxylic acids is 1. The van der Waals surface area contributed by atoms with Crippen LogP contribution in [0.3, 0.4) is 0 Å². The maximum atomic E-state index is 11.9. The molecule has 0 bridgehead atoms. The molecule has 4 nitrogen and oxygen atoms in total. The SMILES string of the molecule is CC1(C)CC(C(N)=O)C(C)(C)[NH+]1[O-]. The van der Waals surface area contributed by atoms with Crippen molar-refractivity contribution in [3.05, 3.63) is 5.21 Å². The standard InChI is InChI=1S/C9H18N2O2/c1-8(2)5-6(7(10)12)9(3,4)11(8)13/h6,11H,5H2,1-4H3,(H2,10,12). The normalized spacial score (nSPS) is 36.1. The Morgan fingerprint density at radius 3 is 2.08 bits per heavy atom. The number of quaternary nitrogens is 1. The highest BCUT2D eigenvalue weighted by molar-refractivity contribution is 5.78. The van der Waals surface area contributed by atoms with Gasteiger partial charge in [0.25, 0.3) is 0 Å². The van der Waals surface area contributed by atoms with Crippen molar-refractivity contribution in [1.82, 2.24) is 0 Å². The van der Waals surface area contributed by atoms with E-state index in [0.29, 0.717) is 6.42 Å². The molecule has 2 atom stereocenters. The molecule has 1 rings (SSSR count). The Bertz CT molecular complexity index is 236. The van der Waals surface area contributed by atoms with Crippen molar-refractivity contribution in [2.75, 3.05) is 0 Å². The summed E-state index contributed by atoms with van der Waals surface area (Å²) in [6.07, 6.45) is 0.578. The van der Waals surface area contributed by atoms with Gasteiger partial charge < -0.3 is 16.0 Å². The summed E-state index contributed by atoms with van der Waals surface area (Å²) in [5, 5.41) is 12.0. The third-order valence-corrected chi connectivity index (χ3v) is 3.13. The molecule has 1 amide bonds. The number of rotatable bonds is 1. The molecule has 2 unspecified atom stereocenters. The monoisotopic (exact) mass is 186 g/mol. The van der Waals surface area contributed by atoms with E-state index in [2.05, 4.69) is 0 Å². The lowest BCUT2D eigenvalue weighted by molar-refractivity contribution is -0.933. The molecule has 1 aliphatic rings. The van der Waals surface area contributed by atoms with Gasteiger partial charge in [-0.3, -0.25) is 4.79 Å². The van der Waals surface area contributed by atoms with Crippen molar-refractivity contribution in [3.63, 3.8) is 0 Å². The van der Waals surface area contributed by atoms with Crippen LogP contribution in [0.15, 0.2) is 0 Å². The van der Waals surface area contributed by atoms with Gasteiger partial charge in [-0.1, -0.05) is 0 Å². The number of amides is 1. The van der Waals surface area contributed by atoms with Gasteiger partial charge in [-0.25, -0.2) is 0 Å². The second-order valence-electron chi connectivity index (χ2n) is 5.09. The highest BCUT2D eigenvalue weighted by Gasteiger charge is 2.54. The van der Waals surface area contributed by atoms with Gasteiger partial charge in [-0.15, -0.1) is 0 Å². The first kappa shape index (κ1) is 10.5. The van der Waals surface area contributed by atoms with Gasteiger partial charge in [-0.2, -0.15) is 0 Å². The number of carbonyl (C=O) groups is 1. The van der Waals surface area contributed by atoms with E-state index in [9.17, 15) is 10.0 Å². The zero-order valence-electron chi connectivity index (χ0n) is 8.68. The maximum Gasteiger partial charge on any atom is 0.227 e. The summed E-state index contributed by atoms with van der Waals surface area (Å²) in [4.78, 5) is 11.1. The molecule has 1 heterocycles. The number of nitrogens with two attached hydrogens (primary N) is 1. The summed E-state index contributed by atoms with van der Waals surface area (Å²) < 4.78 is 0. The maximum absolute atomic E-state index is 11.9. The molecule has 1 fully saturated rings. The zero-order valence-corrected chi connectivity index (χ0v) is 8.68. The minimum absolute atomic E-state index is 0.142. The summed E-state index contributed by atoms with van der Waals surface area (Å²) >= 11 is 0. The summed E-state index contributed by atoms with van der Waals surface area (Å²) in [5.41, 5.74) is 4.28. The smallest absolute Gasteiger partial charge is 0.227 e. The molecule has 3 N–H and O–H groups in total. The third kappa shape index (κ3) is 1.44. The number of hydrogen-bond acceptors (Lipinski definition) is 2. The van der Waals surface area contributed by atoms with E-state index in [1.54, 1.807) is 13.8 Å². The minimum Gasteiger partial charge on any atom is -0.634 e. The minimum atomic E-state index is -0.588. The van der Waals surface area contributed by atoms with E-state index in [4.69, 9.17) is 5.73 Å². The van der Waals surface area contributed by atoms with E-state index in [-0.39, 0.29) is 16.9 Å². The van der Waals surface area contributed by atoms with Crippen LogP contribution in [-0.2, 0) is 4.79 Å². The van der Waals surface area contributed by atoms with Gasteiger partial charge in [-0.05, 0) is 27.7 Å². The second kappa shape index (κ2) is 2.69. The largest absolute Gasteiger partial charge is 0.634 e. The van der Waals surface area contributed by atoms with Crippen LogP contribution in [0.4, 0.5) is 0 Å². The third-order valence-electron chi connectivity index (χ3n) is 3.13. The number of nitrogens with one attached hydrogen (secondary N) is 1. The van der Waals surface area contributed by atoms with Crippen LogP contribution >= 0.6 is 0 Å². The average Bonchev–Trinajstić information content (AvgIpc) is 2.11. The molecule has 13 heavy (non-hydrogen) atoms. The summed E-state index contributed by atoms with van der Waals surface area (Å²) in [5.74, 6) is -0.668. The van der Waals surface area contributed by atoms with Gasteiger partial charge in [0.05, 0.1) is 11.5 Å². The van der Waals surface area contributed by atoms with Crippen molar-refractivity contribution >= 4 is 5.91 Å². The molecule has 4 heteroatoms. The molecule has 0 aromatic rings. The fraction of sp³-hybridized carbons (Fsp3) is 0.889. The van der Waals surface area contributed by atoms with Crippen LogP contribution in [0.1, 0.15) is 34.1 Å². The molecule has 0 aromatic carbocycles. The molecule has 1 aliphatic heterocycles. The molecule has 0 aromatic heterocycles. The molecule has 76 valence electrons. The Morgan fingerprint density at radius 2 is 1.92 bits per heavy atom. The first-order valence-corrected chi connectivity index (χ1v) is 4.54. The van der Waals surface area contributed by atoms with Crippen molar-refractivity contribution in [3.8, 4) is 0 Å². The molecule has 0 aliphatic carbocycles. The predicted octanol–water partition coefficient (Wildman–Crippen LogP) is -0.568. The van der Waals surface area contributed by atoms with Crippen LogP contribution in [-0.4, -0.2) is 17.0 Å². The first-order chi connectivity index (χ1) is 5.69. The Balaban J connectivity index is 3.00. The van der Waals surface area contributed by atoms with E-state index in [1.165, 1.54) is 0 Å². The van der Waals surface area contributed by atoms with E-state index < -0.39 is 11.1 Å². The van der Waals surface area contributed by atoms with Gasteiger partial charge in [0.2, 0.25) is 5.91 Å². The van der Waals surface area contributed by atoms with Crippen LogP contribution in [0, 0.1) is 11.1 Å². The van der Waals surface area contributed by atoms with Gasteiger partial charge in [0.1, 0.15) is 5.54 Å². The average molecular weight is 186 g/mol. The van der Waals surface area contributed by atoms with E-state index >= 15 is 0 Å². The van der Waals surface area contributed by atoms with Crippen molar-refractivity contribution in [2.24, 2.45) is 11.7 Å². The first-order valence-electron chi connectivity index (χ1n) is 4.54. The molecule has 0 saturated carbocycles. The number of hydrogen-bond donors (Lipinski definition) is 2. The van der Waals surface area contributed by atoms with Crippen LogP contribution in [0.2, 0.25) is 0 Å². The summed E-state index contributed by atoms with van der Waals surface area (Å²) in [6, 6.07) is 0. The second-order valence-corrected chi connectivity index (χ2v) is 5.09. The van der Waals surface area contributed by atoms with E-state index in [1.807, 2.05) is 13.8 Å². The number of primary amides is 1. The van der Waals surface area contributed by atoms with Crippen molar-refractivity contribution < 1.29 is 9.86 Å². The Labute approximate surface area is 78.7 Å². The van der Waals surface area contributed by atoms with Gasteiger partial charge in [0.15, 0.2) is 0 Å². The Hall–Kier alpha value is -0.610. The van der Waals surface area contributed by atoms with Gasteiger partial charge in [0, 0.05) is 6.42 Å². The highest BCUT2D eigenvalue weighted by atomic mass is 16.5. The van der Waals surface area contributed by atoms with Gasteiger partial charge >= 0.3 is 0 Å². The summed E-state index contributed by atoms with van der Waals surface area (Å²) in [6.45, 7) is 7.36. The van der Waals surface area contributed by atoms with E-state index in [0.717, 1.165) is 0 Å². The lowest BCUT2D eigenvalue weighted by Gasteiger charge is -2.41. The lowest BCUT2D eigenvalue weighted by atomic mass is 9.86. The quantitative estimate of drug-likeness (QED) is 0.538. The van der Waals surface area contributed by atoms with Crippen molar-refractivity contribution in [2.45, 2.75) is 45.2 Å². The Kier molecular flexibility index (Phi) is 2.16. The fourth-order valence-electron chi connectivity index (χ4n) is 2.34. The van der Waals surface area contributed by atoms with Crippen LogP contribution < -0.4 is 10.8 Å². The summed E-state index contributed by atoms with van der Waals surface area (Å²) in [7, 11) is 0. The van der Waals surface area contributed by atoms with Crippen LogP contribution in [0.5, 0.6) is 0 Å². The highest BCUT2D eigenvalue weighted by Crippen LogP contribution is 2.30. The van der Waals surface area contributed by atoms with Crippen molar-refractivity contribution in [1.29, 1.82) is 0 Å². The molecule has 1 saturated heterocycles.